The van der Waals surface area contributed by atoms with Crippen LogP contribution in [0.15, 0.2) is 11.9 Å². The molecule has 0 saturated carbocycles. The molecule has 0 atom stereocenters. The van der Waals surface area contributed by atoms with Gasteiger partial charge in [0.1, 0.15) is 5.71 Å². The Morgan fingerprint density at radius 1 is 1.64 bits per heavy atom. The lowest BCUT2D eigenvalue weighted by atomic mass is 10.3. The number of amides is 1. The molecule has 11 heavy (non-hydrogen) atoms. The van der Waals surface area contributed by atoms with Crippen molar-refractivity contribution in [2.45, 2.75) is 6.92 Å². The van der Waals surface area contributed by atoms with Crippen LogP contribution >= 0.6 is 0 Å². The lowest BCUT2D eigenvalue weighted by Crippen LogP contribution is -2.28. The van der Waals surface area contributed by atoms with E-state index in [4.69, 9.17) is 16.9 Å². The molecule has 0 aromatic rings. The van der Waals surface area contributed by atoms with Crippen LogP contribution in [-0.4, -0.2) is 18.2 Å². The smallest absolute Gasteiger partial charge is 0.268 e. The van der Waals surface area contributed by atoms with Crippen molar-refractivity contribution >= 4 is 11.6 Å². The van der Waals surface area contributed by atoms with E-state index in [-0.39, 0.29) is 11.4 Å². The maximum absolute atomic E-state index is 10.4. The zero-order valence-electron chi connectivity index (χ0n) is 6.35. The van der Waals surface area contributed by atoms with Crippen molar-refractivity contribution in [2.75, 3.05) is 6.54 Å². The third-order valence-electron chi connectivity index (χ3n) is 0.997. The Kier molecular flexibility index (Phi) is 3.72. The molecule has 0 bridgehead atoms. The highest BCUT2D eigenvalue weighted by Crippen LogP contribution is 1.83. The van der Waals surface area contributed by atoms with Gasteiger partial charge >= 0.3 is 0 Å². The number of carbonyl (C=O) groups is 1. The highest BCUT2D eigenvalue weighted by molar-refractivity contribution is 6.43. The minimum atomic E-state index is -0.823. The first-order chi connectivity index (χ1) is 5.09. The molecule has 0 saturated heterocycles. The van der Waals surface area contributed by atoms with E-state index in [1.165, 1.54) is 6.20 Å². The maximum Gasteiger partial charge on any atom is 0.268 e. The van der Waals surface area contributed by atoms with E-state index in [9.17, 15) is 4.79 Å². The summed E-state index contributed by atoms with van der Waals surface area (Å²) >= 11 is 0. The molecule has 0 spiro atoms. The molecular formula is C6H12N4O. The highest BCUT2D eigenvalue weighted by atomic mass is 16.1. The zero-order chi connectivity index (χ0) is 8.85. The number of carbonyl (C=O) groups excluding carboxylic acids is 1. The molecular weight excluding hydrogens is 144 g/mol. The predicted octanol–water partition coefficient (Wildman–Crippen LogP) is -1.10. The number of nitrogens with two attached hydrogens (primary N) is 2. The molecule has 62 valence electrons. The summed E-state index contributed by atoms with van der Waals surface area (Å²) in [5.41, 5.74) is 9.76. The van der Waals surface area contributed by atoms with Crippen LogP contribution in [0.5, 0.6) is 0 Å². The van der Waals surface area contributed by atoms with Crippen LogP contribution in [0.4, 0.5) is 0 Å². The molecule has 0 fully saturated rings. The van der Waals surface area contributed by atoms with E-state index < -0.39 is 5.91 Å². The molecule has 5 nitrogen and oxygen atoms in total. The quantitative estimate of drug-likeness (QED) is 0.388. The zero-order valence-corrected chi connectivity index (χ0v) is 6.35. The van der Waals surface area contributed by atoms with E-state index >= 15 is 0 Å². The molecule has 0 aromatic heterocycles. The van der Waals surface area contributed by atoms with Gasteiger partial charge in [0.2, 0.25) is 0 Å². The summed E-state index contributed by atoms with van der Waals surface area (Å²) in [6, 6.07) is 0. The SMILES string of the molecule is CCN/C=C(/N)C(=N)C(N)=O. The number of hydrogen-bond acceptors (Lipinski definition) is 4. The van der Waals surface area contributed by atoms with E-state index in [2.05, 4.69) is 5.32 Å². The van der Waals surface area contributed by atoms with Gasteiger partial charge in [-0.2, -0.15) is 0 Å². The van der Waals surface area contributed by atoms with Crippen molar-refractivity contribution < 1.29 is 4.79 Å². The summed E-state index contributed by atoms with van der Waals surface area (Å²) in [7, 11) is 0. The van der Waals surface area contributed by atoms with Gasteiger partial charge in [-0.25, -0.2) is 0 Å². The summed E-state index contributed by atoms with van der Waals surface area (Å²) in [4.78, 5) is 10.4. The summed E-state index contributed by atoms with van der Waals surface area (Å²) in [5.74, 6) is -0.823. The first-order valence-electron chi connectivity index (χ1n) is 3.17. The van der Waals surface area contributed by atoms with Crippen LogP contribution < -0.4 is 16.8 Å². The van der Waals surface area contributed by atoms with Gasteiger partial charge in [0, 0.05) is 12.7 Å². The molecule has 0 aliphatic heterocycles. The second-order valence-electron chi connectivity index (χ2n) is 1.90. The Balaban J connectivity index is 4.12. The number of hydrogen-bond donors (Lipinski definition) is 4. The number of primary amides is 1. The molecule has 0 unspecified atom stereocenters. The summed E-state index contributed by atoms with van der Waals surface area (Å²) in [6.45, 7) is 2.56. The molecule has 6 N–H and O–H groups in total. The van der Waals surface area contributed by atoms with Gasteiger partial charge in [-0.3, -0.25) is 10.2 Å². The predicted molar refractivity (Wildman–Crippen MR) is 42.9 cm³/mol. The third-order valence-corrected chi connectivity index (χ3v) is 0.997. The molecule has 5 heteroatoms. The largest absolute Gasteiger partial charge is 0.396 e. The topological polar surface area (TPSA) is 105 Å². The Morgan fingerprint density at radius 3 is 2.55 bits per heavy atom. The molecule has 1 amide bonds. The van der Waals surface area contributed by atoms with Crippen LogP contribution in [-0.2, 0) is 4.79 Å². The Hall–Kier alpha value is -1.52. The average Bonchev–Trinajstić information content (AvgIpc) is 1.98. The van der Waals surface area contributed by atoms with Crippen molar-refractivity contribution in [1.29, 1.82) is 5.41 Å². The van der Waals surface area contributed by atoms with Crippen LogP contribution in [0, 0.1) is 5.41 Å². The monoisotopic (exact) mass is 156 g/mol. The lowest BCUT2D eigenvalue weighted by molar-refractivity contribution is -0.112. The first kappa shape index (κ1) is 9.48. The third kappa shape index (κ3) is 3.24. The van der Waals surface area contributed by atoms with Gasteiger partial charge in [-0.1, -0.05) is 0 Å². The second-order valence-corrected chi connectivity index (χ2v) is 1.90. The van der Waals surface area contributed by atoms with E-state index in [1.807, 2.05) is 6.92 Å². The summed E-state index contributed by atoms with van der Waals surface area (Å²) in [5, 5.41) is 9.77. The second kappa shape index (κ2) is 4.32. The standard InChI is InChI=1S/C6H12N4O/c1-2-10-3-4(7)5(8)6(9)11/h3,8,10H,2,7H2,1H3,(H2,9,11)/b4-3+,8-5?. The fraction of sp³-hybridized carbons (Fsp3) is 0.333. The Morgan fingerprint density at radius 2 is 2.18 bits per heavy atom. The van der Waals surface area contributed by atoms with E-state index in [1.54, 1.807) is 0 Å². The number of rotatable bonds is 4. The highest BCUT2D eigenvalue weighted by Gasteiger charge is 2.05. The molecule has 0 rings (SSSR count). The van der Waals surface area contributed by atoms with Crippen molar-refractivity contribution in [3.8, 4) is 0 Å². The average molecular weight is 156 g/mol. The number of nitrogens with one attached hydrogen (secondary N) is 2. The van der Waals surface area contributed by atoms with Crippen LogP contribution in [0.3, 0.4) is 0 Å². The summed E-state index contributed by atoms with van der Waals surface area (Å²) < 4.78 is 0. The van der Waals surface area contributed by atoms with Crippen molar-refractivity contribution in [3.63, 3.8) is 0 Å². The van der Waals surface area contributed by atoms with Crippen LogP contribution in [0.2, 0.25) is 0 Å². The minimum Gasteiger partial charge on any atom is -0.396 e. The van der Waals surface area contributed by atoms with E-state index in [0.29, 0.717) is 6.54 Å². The van der Waals surface area contributed by atoms with Gasteiger partial charge in [0.25, 0.3) is 5.91 Å². The van der Waals surface area contributed by atoms with Gasteiger partial charge < -0.3 is 16.8 Å². The Labute approximate surface area is 65.0 Å². The Bertz CT molecular complexity index is 197. The molecule has 0 aromatic carbocycles. The van der Waals surface area contributed by atoms with Crippen LogP contribution in [0.1, 0.15) is 6.92 Å². The molecule has 0 aliphatic rings. The summed E-state index contributed by atoms with van der Waals surface area (Å²) in [6.07, 6.45) is 1.38. The fourth-order valence-corrected chi connectivity index (χ4v) is 0.426. The van der Waals surface area contributed by atoms with Gasteiger partial charge in [-0.15, -0.1) is 0 Å². The van der Waals surface area contributed by atoms with Crippen molar-refractivity contribution in [1.82, 2.24) is 5.32 Å². The maximum atomic E-state index is 10.4. The molecule has 0 heterocycles. The van der Waals surface area contributed by atoms with Gasteiger partial charge in [0.15, 0.2) is 0 Å². The minimum absolute atomic E-state index is 0.0550. The first-order valence-corrected chi connectivity index (χ1v) is 3.17. The van der Waals surface area contributed by atoms with Gasteiger partial charge in [-0.05, 0) is 6.92 Å². The fourth-order valence-electron chi connectivity index (χ4n) is 0.426. The molecule has 0 aliphatic carbocycles. The normalized spacial score (nSPS) is 10.8. The van der Waals surface area contributed by atoms with E-state index in [0.717, 1.165) is 0 Å². The van der Waals surface area contributed by atoms with Gasteiger partial charge in [0.05, 0.1) is 5.70 Å². The molecule has 0 radical (unpaired) electrons. The van der Waals surface area contributed by atoms with Crippen LogP contribution in [0.25, 0.3) is 0 Å². The van der Waals surface area contributed by atoms with Crippen molar-refractivity contribution in [3.05, 3.63) is 11.9 Å². The van der Waals surface area contributed by atoms with Crippen molar-refractivity contribution in [2.24, 2.45) is 11.5 Å². The lowest BCUT2D eigenvalue weighted by Gasteiger charge is -1.99.